The maximum Gasteiger partial charge on any atom is 0.227 e. The number of carbonyl (C=O) groups excluding carboxylic acids is 1. The first-order valence-electron chi connectivity index (χ1n) is 11.5. The molecule has 1 saturated carbocycles. The zero-order valence-electron chi connectivity index (χ0n) is 18.8. The van der Waals surface area contributed by atoms with E-state index in [0.717, 1.165) is 88.7 Å². The van der Waals surface area contributed by atoms with Gasteiger partial charge in [-0.3, -0.25) is 4.79 Å². The Morgan fingerprint density at radius 2 is 1.80 bits per heavy atom. The van der Waals surface area contributed by atoms with Gasteiger partial charge in [0.15, 0.2) is 0 Å². The molecule has 2 radical (unpaired) electrons. The van der Waals surface area contributed by atoms with Crippen molar-refractivity contribution in [3.63, 3.8) is 0 Å². The van der Waals surface area contributed by atoms with E-state index in [1.54, 1.807) is 14.2 Å². The summed E-state index contributed by atoms with van der Waals surface area (Å²) in [7, 11) is 10.1. The van der Waals surface area contributed by atoms with Crippen molar-refractivity contribution in [3.8, 4) is 0 Å². The lowest BCUT2D eigenvalue weighted by atomic mass is 9.82. The molecule has 1 aliphatic heterocycles. The quantitative estimate of drug-likeness (QED) is 0.422. The van der Waals surface area contributed by atoms with Crippen molar-refractivity contribution in [2.45, 2.75) is 64.0 Å². The minimum atomic E-state index is 0.103. The van der Waals surface area contributed by atoms with Crippen LogP contribution in [0.2, 0.25) is 0 Å². The van der Waals surface area contributed by atoms with Gasteiger partial charge >= 0.3 is 0 Å². The topological polar surface area (TPSA) is 50.8 Å². The summed E-state index contributed by atoms with van der Waals surface area (Å²) < 4.78 is 10.5. The number of carbonyl (C=O) groups is 1. The number of hydrogen-bond donors (Lipinski definition) is 1. The third kappa shape index (κ3) is 6.56. The maximum absolute atomic E-state index is 13.3. The second kappa shape index (κ2) is 11.9. The standard InChI is InChI=1S/C24H37BN2O3/c1-29-12-4-6-18-14-19(8-5-13-30-2)23(25)21(15-18)17-27(22-9-10-22)24(28)20-7-3-11-26-16-20/h14-15,20,22,26H,3-13,16-17H2,1-2H3/t20-/m1/s1. The Kier molecular flexibility index (Phi) is 9.22. The molecule has 1 heterocycles. The van der Waals surface area contributed by atoms with Crippen molar-refractivity contribution in [3.05, 3.63) is 28.8 Å². The van der Waals surface area contributed by atoms with E-state index in [-0.39, 0.29) is 5.92 Å². The monoisotopic (exact) mass is 412 g/mol. The molecular weight excluding hydrogens is 375 g/mol. The van der Waals surface area contributed by atoms with Crippen LogP contribution in [0.15, 0.2) is 12.1 Å². The van der Waals surface area contributed by atoms with Gasteiger partial charge in [-0.1, -0.05) is 23.2 Å². The molecule has 1 aliphatic carbocycles. The molecule has 0 spiro atoms. The highest BCUT2D eigenvalue weighted by Gasteiger charge is 2.36. The van der Waals surface area contributed by atoms with Gasteiger partial charge in [0.1, 0.15) is 7.85 Å². The van der Waals surface area contributed by atoms with Crippen LogP contribution in [0.4, 0.5) is 0 Å². The summed E-state index contributed by atoms with van der Waals surface area (Å²) in [6, 6.07) is 4.83. The lowest BCUT2D eigenvalue weighted by molar-refractivity contribution is -0.137. The second-order valence-corrected chi connectivity index (χ2v) is 8.76. The van der Waals surface area contributed by atoms with Crippen molar-refractivity contribution >= 4 is 19.2 Å². The van der Waals surface area contributed by atoms with E-state index in [1.807, 2.05) is 0 Å². The Balaban J connectivity index is 1.78. The van der Waals surface area contributed by atoms with Crippen LogP contribution < -0.4 is 10.8 Å². The number of rotatable bonds is 12. The van der Waals surface area contributed by atoms with Gasteiger partial charge < -0.3 is 19.7 Å². The summed E-state index contributed by atoms with van der Waals surface area (Å²) in [5, 5.41) is 3.38. The molecule has 0 bridgehead atoms. The Bertz CT molecular complexity index is 687. The zero-order chi connectivity index (χ0) is 21.3. The van der Waals surface area contributed by atoms with Crippen LogP contribution >= 0.6 is 0 Å². The van der Waals surface area contributed by atoms with E-state index in [2.05, 4.69) is 22.3 Å². The summed E-state index contributed by atoms with van der Waals surface area (Å²) in [5.41, 5.74) is 4.41. The molecule has 2 fully saturated rings. The van der Waals surface area contributed by atoms with Crippen molar-refractivity contribution < 1.29 is 14.3 Å². The highest BCUT2D eigenvalue weighted by atomic mass is 16.5. The number of piperidine rings is 1. The first-order chi connectivity index (χ1) is 14.6. The van der Waals surface area contributed by atoms with Crippen LogP contribution in [-0.4, -0.2) is 65.2 Å². The van der Waals surface area contributed by atoms with Crippen LogP contribution in [0.1, 0.15) is 55.2 Å². The minimum absolute atomic E-state index is 0.103. The van der Waals surface area contributed by atoms with Gasteiger partial charge in [-0.2, -0.15) is 0 Å². The molecule has 5 nitrogen and oxygen atoms in total. The van der Waals surface area contributed by atoms with Crippen molar-refractivity contribution in [1.29, 1.82) is 0 Å². The van der Waals surface area contributed by atoms with Gasteiger partial charge in [0, 0.05) is 46.6 Å². The van der Waals surface area contributed by atoms with Crippen molar-refractivity contribution in [2.75, 3.05) is 40.5 Å². The summed E-state index contributed by atoms with van der Waals surface area (Å²) in [5.74, 6) is 0.404. The Hall–Kier alpha value is -1.37. The Morgan fingerprint density at radius 1 is 1.10 bits per heavy atom. The number of nitrogens with one attached hydrogen (secondary N) is 1. The van der Waals surface area contributed by atoms with E-state index >= 15 is 0 Å². The number of amides is 1. The van der Waals surface area contributed by atoms with Gasteiger partial charge in [0.25, 0.3) is 0 Å². The fourth-order valence-electron chi connectivity index (χ4n) is 4.41. The summed E-state index contributed by atoms with van der Waals surface area (Å²) >= 11 is 0. The molecule has 1 amide bonds. The number of nitrogens with zero attached hydrogens (tertiary/aromatic N) is 1. The fraction of sp³-hybridized carbons (Fsp3) is 0.708. The molecule has 1 aromatic carbocycles. The minimum Gasteiger partial charge on any atom is -0.385 e. The molecule has 3 rings (SSSR count). The van der Waals surface area contributed by atoms with Gasteiger partial charge in [-0.05, 0) is 69.0 Å². The molecule has 164 valence electrons. The van der Waals surface area contributed by atoms with E-state index in [9.17, 15) is 4.79 Å². The van der Waals surface area contributed by atoms with Gasteiger partial charge in [0.2, 0.25) is 5.91 Å². The molecule has 0 unspecified atom stereocenters. The van der Waals surface area contributed by atoms with Crippen LogP contribution in [0.25, 0.3) is 0 Å². The highest BCUT2D eigenvalue weighted by molar-refractivity contribution is 6.34. The molecular formula is C24H37BN2O3. The molecule has 6 heteroatoms. The van der Waals surface area contributed by atoms with Crippen LogP contribution in [0.5, 0.6) is 0 Å². The highest BCUT2D eigenvalue weighted by Crippen LogP contribution is 2.31. The largest absolute Gasteiger partial charge is 0.385 e. The van der Waals surface area contributed by atoms with E-state index in [0.29, 0.717) is 18.5 Å². The number of ether oxygens (including phenoxy) is 2. The maximum atomic E-state index is 13.3. The molecule has 2 aliphatic rings. The Labute approximate surface area is 183 Å². The number of methoxy groups -OCH3 is 2. The third-order valence-electron chi connectivity index (χ3n) is 6.28. The van der Waals surface area contributed by atoms with E-state index in [1.165, 1.54) is 11.1 Å². The summed E-state index contributed by atoms with van der Waals surface area (Å²) in [6.45, 7) is 3.93. The number of benzene rings is 1. The molecule has 1 atom stereocenters. The van der Waals surface area contributed by atoms with E-state index in [4.69, 9.17) is 17.3 Å². The number of hydrogen-bond acceptors (Lipinski definition) is 4. The smallest absolute Gasteiger partial charge is 0.227 e. The average molecular weight is 412 g/mol. The van der Waals surface area contributed by atoms with Crippen molar-refractivity contribution in [2.24, 2.45) is 5.92 Å². The predicted octanol–water partition coefficient (Wildman–Crippen LogP) is 2.13. The van der Waals surface area contributed by atoms with Gasteiger partial charge in [0.05, 0.1) is 5.92 Å². The lowest BCUT2D eigenvalue weighted by Crippen LogP contribution is -2.44. The molecule has 1 aromatic rings. The third-order valence-corrected chi connectivity index (χ3v) is 6.28. The van der Waals surface area contributed by atoms with Crippen LogP contribution in [0, 0.1) is 5.92 Å². The fourth-order valence-corrected chi connectivity index (χ4v) is 4.41. The first kappa shape index (κ1) is 23.3. The van der Waals surface area contributed by atoms with E-state index < -0.39 is 0 Å². The van der Waals surface area contributed by atoms with Gasteiger partial charge in [-0.15, -0.1) is 0 Å². The molecule has 1 saturated heterocycles. The van der Waals surface area contributed by atoms with Crippen LogP contribution in [-0.2, 0) is 33.7 Å². The Morgan fingerprint density at radius 3 is 2.43 bits per heavy atom. The second-order valence-electron chi connectivity index (χ2n) is 8.76. The lowest BCUT2D eigenvalue weighted by Gasteiger charge is -2.31. The average Bonchev–Trinajstić information content (AvgIpc) is 3.60. The first-order valence-corrected chi connectivity index (χ1v) is 11.5. The normalized spacial score (nSPS) is 19.1. The number of aryl methyl sites for hydroxylation is 2. The summed E-state index contributed by atoms with van der Waals surface area (Å²) in [4.78, 5) is 15.4. The van der Waals surface area contributed by atoms with Gasteiger partial charge in [-0.25, -0.2) is 0 Å². The SMILES string of the molecule is [B]c1c(CCCOC)cc(CCCOC)cc1CN(C(=O)[C@@H]1CCCNC1)C1CC1. The zero-order valence-corrected chi connectivity index (χ0v) is 18.8. The van der Waals surface area contributed by atoms with Crippen molar-refractivity contribution in [1.82, 2.24) is 10.2 Å². The predicted molar refractivity (Wildman–Crippen MR) is 121 cm³/mol. The molecule has 30 heavy (non-hydrogen) atoms. The van der Waals surface area contributed by atoms with Crippen LogP contribution in [0.3, 0.4) is 0 Å². The molecule has 1 N–H and O–H groups in total. The summed E-state index contributed by atoms with van der Waals surface area (Å²) in [6.07, 6.45) is 8.08. The molecule has 0 aromatic heterocycles.